The van der Waals surface area contributed by atoms with Crippen molar-refractivity contribution in [2.75, 3.05) is 23.4 Å². The lowest BCUT2D eigenvalue weighted by Crippen LogP contribution is -2.36. The van der Waals surface area contributed by atoms with Crippen molar-refractivity contribution in [1.82, 2.24) is 0 Å². The lowest BCUT2D eigenvalue weighted by atomic mass is 10.3. The van der Waals surface area contributed by atoms with Crippen LogP contribution < -0.4 is 4.31 Å². The molecular weight excluding hydrogens is 453 g/mol. The van der Waals surface area contributed by atoms with Crippen molar-refractivity contribution < 1.29 is 13.2 Å². The first kappa shape index (κ1) is 22.2. The molecule has 1 rings (SSSR count). The molecule has 1 aromatic carbocycles. The van der Waals surface area contributed by atoms with Gasteiger partial charge in [0.2, 0.25) is 10.0 Å². The molecule has 0 fully saturated rings. The molecule has 0 saturated carbocycles. The number of nitrogens with zero attached hydrogens (tertiary/aromatic N) is 1. The Morgan fingerprint density at radius 3 is 2.42 bits per heavy atom. The number of halogens is 3. The molecule has 24 heavy (non-hydrogen) atoms. The molecule has 138 valence electrons. The van der Waals surface area contributed by atoms with Crippen LogP contribution >= 0.6 is 39.1 Å². The van der Waals surface area contributed by atoms with E-state index in [0.717, 1.165) is 6.04 Å². The van der Waals surface area contributed by atoms with Crippen LogP contribution in [0.2, 0.25) is 35.7 Å². The van der Waals surface area contributed by atoms with Crippen LogP contribution in [-0.4, -0.2) is 35.6 Å². The lowest BCUT2D eigenvalue weighted by molar-refractivity contribution is 0.156. The first-order valence-corrected chi connectivity index (χ1v) is 14.6. The quantitative estimate of drug-likeness (QED) is 0.201. The SMILES string of the molecule is CCCS(=O)(=O)N(COCC[Si](C)(C)C)c1cc(Cl)cc(Br)c1Cl. The normalized spacial score (nSPS) is 12.5. The number of benzene rings is 1. The molecule has 0 unspecified atom stereocenters. The van der Waals surface area contributed by atoms with E-state index in [0.29, 0.717) is 33.2 Å². The van der Waals surface area contributed by atoms with E-state index in [-0.39, 0.29) is 12.5 Å². The second-order valence-electron chi connectivity index (χ2n) is 6.73. The molecule has 0 spiro atoms. The van der Waals surface area contributed by atoms with Gasteiger partial charge in [0.1, 0.15) is 6.73 Å². The first-order chi connectivity index (χ1) is 11.0. The average Bonchev–Trinajstić information content (AvgIpc) is 2.41. The van der Waals surface area contributed by atoms with Crippen molar-refractivity contribution in [2.24, 2.45) is 0 Å². The minimum atomic E-state index is -3.54. The minimum absolute atomic E-state index is 0.0187. The number of sulfonamides is 1. The number of ether oxygens (including phenoxy) is 1. The Kier molecular flexibility index (Phi) is 8.56. The Hall–Kier alpha value is 0.207. The van der Waals surface area contributed by atoms with Crippen molar-refractivity contribution in [3.63, 3.8) is 0 Å². The molecule has 1 aromatic rings. The predicted octanol–water partition coefficient (Wildman–Crippen LogP) is 5.61. The van der Waals surface area contributed by atoms with Crippen molar-refractivity contribution in [2.45, 2.75) is 39.0 Å². The Morgan fingerprint density at radius 1 is 1.25 bits per heavy atom. The van der Waals surface area contributed by atoms with Gasteiger partial charge in [-0.05, 0) is 40.5 Å². The van der Waals surface area contributed by atoms with E-state index in [4.69, 9.17) is 27.9 Å². The summed E-state index contributed by atoms with van der Waals surface area (Å²) in [6.45, 7) is 9.00. The Labute approximate surface area is 164 Å². The maximum absolute atomic E-state index is 12.6. The van der Waals surface area contributed by atoms with Crippen molar-refractivity contribution in [3.05, 3.63) is 26.7 Å². The fraction of sp³-hybridized carbons (Fsp3) is 0.600. The second-order valence-corrected chi connectivity index (χ2v) is 16.0. The molecule has 0 atom stereocenters. The Balaban J connectivity index is 3.08. The van der Waals surface area contributed by atoms with Gasteiger partial charge in [0.25, 0.3) is 0 Å². The molecule has 0 aliphatic carbocycles. The average molecular weight is 477 g/mol. The van der Waals surface area contributed by atoms with Crippen LogP contribution in [0.5, 0.6) is 0 Å². The molecule has 4 nitrogen and oxygen atoms in total. The highest BCUT2D eigenvalue weighted by Gasteiger charge is 2.25. The number of hydrogen-bond acceptors (Lipinski definition) is 3. The van der Waals surface area contributed by atoms with Gasteiger partial charge in [-0.15, -0.1) is 0 Å². The van der Waals surface area contributed by atoms with Gasteiger partial charge >= 0.3 is 0 Å². The Morgan fingerprint density at radius 2 is 1.88 bits per heavy atom. The maximum Gasteiger partial charge on any atom is 0.237 e. The van der Waals surface area contributed by atoms with Crippen LogP contribution in [0.25, 0.3) is 0 Å². The molecule has 0 bridgehead atoms. The first-order valence-electron chi connectivity index (χ1n) is 7.70. The summed E-state index contributed by atoms with van der Waals surface area (Å²) in [5.41, 5.74) is 0.331. The van der Waals surface area contributed by atoms with Gasteiger partial charge in [0, 0.05) is 24.2 Å². The van der Waals surface area contributed by atoms with Crippen LogP contribution in [0.1, 0.15) is 13.3 Å². The van der Waals surface area contributed by atoms with Crippen molar-refractivity contribution in [3.8, 4) is 0 Å². The maximum atomic E-state index is 12.6. The number of rotatable bonds is 9. The van der Waals surface area contributed by atoms with E-state index in [1.165, 1.54) is 4.31 Å². The zero-order chi connectivity index (χ0) is 18.5. The summed E-state index contributed by atoms with van der Waals surface area (Å²) in [5.74, 6) is 0.0187. The van der Waals surface area contributed by atoms with E-state index < -0.39 is 18.1 Å². The molecule has 0 heterocycles. The van der Waals surface area contributed by atoms with Crippen LogP contribution in [0.4, 0.5) is 5.69 Å². The fourth-order valence-corrected chi connectivity index (χ4v) is 5.14. The molecular formula is C15H24BrCl2NO3SSi. The van der Waals surface area contributed by atoms with Gasteiger partial charge in [0.15, 0.2) is 0 Å². The van der Waals surface area contributed by atoms with Crippen molar-refractivity contribution in [1.29, 1.82) is 0 Å². The van der Waals surface area contributed by atoms with Gasteiger partial charge in [-0.1, -0.05) is 49.8 Å². The standard InChI is InChI=1S/C15H24BrCl2NO3SSi/c1-5-7-23(20,21)19(11-22-6-8-24(2,3)4)14-10-12(17)9-13(16)15(14)18/h9-10H,5-8,11H2,1-4H3. The second kappa shape index (κ2) is 9.23. The van der Waals surface area contributed by atoms with Gasteiger partial charge in [-0.25, -0.2) is 12.7 Å². The summed E-state index contributed by atoms with van der Waals surface area (Å²) in [7, 11) is -4.79. The third kappa shape index (κ3) is 6.84. The summed E-state index contributed by atoms with van der Waals surface area (Å²) < 4.78 is 32.7. The minimum Gasteiger partial charge on any atom is -0.360 e. The van der Waals surface area contributed by atoms with Crippen molar-refractivity contribution >= 4 is 62.9 Å². The van der Waals surface area contributed by atoms with E-state index in [2.05, 4.69) is 35.6 Å². The summed E-state index contributed by atoms with van der Waals surface area (Å²) in [4.78, 5) is 0. The molecule has 0 N–H and O–H groups in total. The highest BCUT2D eigenvalue weighted by molar-refractivity contribution is 9.10. The van der Waals surface area contributed by atoms with Gasteiger partial charge in [0.05, 0.1) is 16.5 Å². The lowest BCUT2D eigenvalue weighted by Gasteiger charge is -2.26. The van der Waals surface area contributed by atoms with Crippen LogP contribution in [-0.2, 0) is 14.8 Å². The summed E-state index contributed by atoms with van der Waals surface area (Å²) >= 11 is 15.7. The van der Waals surface area contributed by atoms with Gasteiger partial charge < -0.3 is 4.74 Å². The molecule has 0 saturated heterocycles. The summed E-state index contributed by atoms with van der Waals surface area (Å²) in [6.07, 6.45) is 0.507. The fourth-order valence-electron chi connectivity index (χ4n) is 1.92. The molecule has 9 heteroatoms. The van der Waals surface area contributed by atoms with Crippen LogP contribution in [0, 0.1) is 0 Å². The smallest absolute Gasteiger partial charge is 0.237 e. The number of anilines is 1. The van der Waals surface area contributed by atoms with Crippen LogP contribution in [0.3, 0.4) is 0 Å². The van der Waals surface area contributed by atoms with Crippen LogP contribution in [0.15, 0.2) is 16.6 Å². The van der Waals surface area contributed by atoms with Gasteiger partial charge in [-0.3, -0.25) is 0 Å². The topological polar surface area (TPSA) is 46.6 Å². The zero-order valence-electron chi connectivity index (χ0n) is 14.4. The highest BCUT2D eigenvalue weighted by Crippen LogP contribution is 2.37. The molecule has 0 amide bonds. The molecule has 0 aromatic heterocycles. The van der Waals surface area contributed by atoms with Gasteiger partial charge in [-0.2, -0.15) is 0 Å². The Bertz CT molecular complexity index is 665. The third-order valence-corrected chi connectivity index (χ3v) is 8.32. The molecule has 0 radical (unpaired) electrons. The largest absolute Gasteiger partial charge is 0.360 e. The zero-order valence-corrected chi connectivity index (χ0v) is 19.3. The summed E-state index contributed by atoms with van der Waals surface area (Å²) in [6, 6.07) is 4.13. The van der Waals surface area contributed by atoms with E-state index in [9.17, 15) is 8.42 Å². The monoisotopic (exact) mass is 475 g/mol. The summed E-state index contributed by atoms with van der Waals surface area (Å²) in [5, 5.41) is 0.702. The highest BCUT2D eigenvalue weighted by atomic mass is 79.9. The predicted molar refractivity (Wildman–Crippen MR) is 110 cm³/mol. The van der Waals surface area contributed by atoms with E-state index in [1.807, 2.05) is 6.92 Å². The molecule has 0 aliphatic heterocycles. The van der Waals surface area contributed by atoms with E-state index in [1.54, 1.807) is 12.1 Å². The molecule has 0 aliphatic rings. The van der Waals surface area contributed by atoms with E-state index >= 15 is 0 Å². The number of hydrogen-bond donors (Lipinski definition) is 0. The third-order valence-electron chi connectivity index (χ3n) is 3.25.